The average Bonchev–Trinajstić information content (AvgIpc) is 3.56. The van der Waals surface area contributed by atoms with Crippen molar-refractivity contribution in [3.05, 3.63) is 53.7 Å². The second-order valence-electron chi connectivity index (χ2n) is 8.10. The Kier molecular flexibility index (Phi) is 4.71. The van der Waals surface area contributed by atoms with E-state index in [-0.39, 0.29) is 6.61 Å². The van der Waals surface area contributed by atoms with Gasteiger partial charge < -0.3 is 14.8 Å². The summed E-state index contributed by atoms with van der Waals surface area (Å²) in [7, 11) is 0. The smallest absolute Gasteiger partial charge is 0.118 e. The first-order chi connectivity index (χ1) is 15.8. The van der Waals surface area contributed by atoms with Crippen molar-refractivity contribution in [3.63, 3.8) is 0 Å². The third-order valence-electron chi connectivity index (χ3n) is 6.06. The number of H-pyrrole nitrogens is 3. The van der Waals surface area contributed by atoms with Gasteiger partial charge in [-0.3, -0.25) is 10.00 Å². The molecule has 3 aromatic heterocycles. The Morgan fingerprint density at radius 1 is 0.938 bits per heavy atom. The molecule has 32 heavy (non-hydrogen) atoms. The minimum atomic E-state index is -0.166. The van der Waals surface area contributed by atoms with Gasteiger partial charge in [-0.2, -0.15) is 20.5 Å². The van der Waals surface area contributed by atoms with Crippen LogP contribution in [-0.2, 0) is 17.9 Å². The van der Waals surface area contributed by atoms with Crippen LogP contribution in [0.2, 0.25) is 0 Å². The van der Waals surface area contributed by atoms with E-state index in [0.29, 0.717) is 11.4 Å². The first kappa shape index (κ1) is 19.2. The molecule has 2 aromatic carbocycles. The van der Waals surface area contributed by atoms with E-state index in [1.807, 2.05) is 18.2 Å². The standard InChI is InChI=1S/C23H23N7O2/c31-13-21-22(28-29-26-21)15-2-3-17-19(10-15)25-27-23(17)20-11-16-9-14(1-4-18(16)24-20)12-30-5-7-32-8-6-30/h1-4,9-11,24,31H,5-8,12-13H2,(H,25,27)(H,26,28,29). The molecule has 0 aliphatic carbocycles. The zero-order valence-electron chi connectivity index (χ0n) is 17.4. The first-order valence-electron chi connectivity index (χ1n) is 10.7. The van der Waals surface area contributed by atoms with Crippen molar-refractivity contribution in [2.45, 2.75) is 13.2 Å². The Labute approximate surface area is 183 Å². The summed E-state index contributed by atoms with van der Waals surface area (Å²) in [6.07, 6.45) is 0. The molecule has 5 aromatic rings. The van der Waals surface area contributed by atoms with Gasteiger partial charge in [0.25, 0.3) is 0 Å². The summed E-state index contributed by atoms with van der Waals surface area (Å²) in [6, 6.07) is 14.7. The normalized spacial score (nSPS) is 15.2. The van der Waals surface area contributed by atoms with Gasteiger partial charge in [0.15, 0.2) is 0 Å². The van der Waals surface area contributed by atoms with E-state index in [4.69, 9.17) is 4.74 Å². The molecule has 1 aliphatic heterocycles. The first-order valence-corrected chi connectivity index (χ1v) is 10.7. The lowest BCUT2D eigenvalue weighted by atomic mass is 10.1. The van der Waals surface area contributed by atoms with Crippen LogP contribution in [0, 0.1) is 0 Å². The van der Waals surface area contributed by atoms with Crippen LogP contribution in [0.5, 0.6) is 0 Å². The number of aromatic nitrogens is 6. The number of fused-ring (bicyclic) bond motifs is 2. The van der Waals surface area contributed by atoms with E-state index in [2.05, 4.69) is 59.8 Å². The summed E-state index contributed by atoms with van der Waals surface area (Å²) < 4.78 is 5.45. The summed E-state index contributed by atoms with van der Waals surface area (Å²) in [5, 5.41) is 30.1. The summed E-state index contributed by atoms with van der Waals surface area (Å²) >= 11 is 0. The van der Waals surface area contributed by atoms with Crippen LogP contribution < -0.4 is 0 Å². The number of morpholine rings is 1. The highest BCUT2D eigenvalue weighted by Crippen LogP contribution is 2.31. The van der Waals surface area contributed by atoms with Crippen molar-refractivity contribution in [1.29, 1.82) is 0 Å². The molecule has 1 aliphatic rings. The second-order valence-corrected chi connectivity index (χ2v) is 8.10. The van der Waals surface area contributed by atoms with E-state index in [1.54, 1.807) is 0 Å². The third-order valence-corrected chi connectivity index (χ3v) is 6.06. The Hall–Kier alpha value is -3.53. The van der Waals surface area contributed by atoms with Crippen LogP contribution in [0.4, 0.5) is 0 Å². The summed E-state index contributed by atoms with van der Waals surface area (Å²) in [5.74, 6) is 0. The highest BCUT2D eigenvalue weighted by Gasteiger charge is 2.15. The van der Waals surface area contributed by atoms with E-state index in [1.165, 1.54) is 10.9 Å². The molecule has 0 saturated carbocycles. The molecule has 9 heteroatoms. The predicted octanol–water partition coefficient (Wildman–Crippen LogP) is 2.82. The number of aliphatic hydroxyl groups excluding tert-OH is 1. The lowest BCUT2D eigenvalue weighted by Crippen LogP contribution is -2.35. The fourth-order valence-electron chi connectivity index (χ4n) is 4.39. The molecule has 0 atom stereocenters. The fourth-order valence-corrected chi connectivity index (χ4v) is 4.39. The number of hydrogen-bond donors (Lipinski definition) is 4. The summed E-state index contributed by atoms with van der Waals surface area (Å²) in [5.41, 5.74) is 7.17. The minimum absolute atomic E-state index is 0.166. The number of rotatable bonds is 5. The highest BCUT2D eigenvalue weighted by molar-refractivity contribution is 5.97. The molecule has 1 saturated heterocycles. The molecule has 0 amide bonds. The molecule has 4 heterocycles. The SMILES string of the molecule is OCc1n[nH]nc1-c1ccc2c(-c3cc4cc(CN5CCOCC5)ccc4[nH]3)n[nH]c2c1. The molecule has 0 radical (unpaired) electrons. The fraction of sp³-hybridized carbons (Fsp3) is 0.261. The molecular weight excluding hydrogens is 406 g/mol. The lowest BCUT2D eigenvalue weighted by molar-refractivity contribution is 0.0342. The van der Waals surface area contributed by atoms with Gasteiger partial charge in [-0.15, -0.1) is 0 Å². The third kappa shape index (κ3) is 3.36. The number of nitrogens with zero attached hydrogens (tertiary/aromatic N) is 4. The van der Waals surface area contributed by atoms with Gasteiger partial charge in [-0.05, 0) is 35.9 Å². The van der Waals surface area contributed by atoms with E-state index < -0.39 is 0 Å². The molecule has 0 unspecified atom stereocenters. The highest BCUT2D eigenvalue weighted by atomic mass is 16.5. The maximum atomic E-state index is 9.46. The van der Waals surface area contributed by atoms with Crippen molar-refractivity contribution >= 4 is 21.8 Å². The van der Waals surface area contributed by atoms with Crippen LogP contribution in [0.25, 0.3) is 44.5 Å². The minimum Gasteiger partial charge on any atom is -0.390 e. The number of ether oxygens (including phenoxy) is 1. The van der Waals surface area contributed by atoms with Gasteiger partial charge in [-0.1, -0.05) is 12.1 Å². The van der Waals surface area contributed by atoms with E-state index in [9.17, 15) is 5.11 Å². The van der Waals surface area contributed by atoms with E-state index in [0.717, 1.165) is 66.2 Å². The second kappa shape index (κ2) is 7.86. The quantitative estimate of drug-likeness (QED) is 0.341. The van der Waals surface area contributed by atoms with Crippen molar-refractivity contribution in [2.75, 3.05) is 26.3 Å². The van der Waals surface area contributed by atoms with Crippen LogP contribution >= 0.6 is 0 Å². The Balaban J connectivity index is 1.32. The van der Waals surface area contributed by atoms with Crippen LogP contribution in [-0.4, -0.2) is 66.9 Å². The van der Waals surface area contributed by atoms with Gasteiger partial charge in [0, 0.05) is 41.5 Å². The topological polar surface area (TPSA) is 119 Å². The molecule has 0 bridgehead atoms. The van der Waals surface area contributed by atoms with E-state index >= 15 is 0 Å². The maximum Gasteiger partial charge on any atom is 0.118 e. The van der Waals surface area contributed by atoms with Gasteiger partial charge in [0.05, 0.1) is 31.0 Å². The lowest BCUT2D eigenvalue weighted by Gasteiger charge is -2.26. The van der Waals surface area contributed by atoms with Crippen molar-refractivity contribution in [2.24, 2.45) is 0 Å². The summed E-state index contributed by atoms with van der Waals surface area (Å²) in [6.45, 7) is 4.34. The van der Waals surface area contributed by atoms with Gasteiger partial charge in [-0.25, -0.2) is 0 Å². The predicted molar refractivity (Wildman–Crippen MR) is 121 cm³/mol. The van der Waals surface area contributed by atoms with Crippen molar-refractivity contribution in [1.82, 2.24) is 35.5 Å². The molecule has 9 nitrogen and oxygen atoms in total. The van der Waals surface area contributed by atoms with Crippen LogP contribution in [0.15, 0.2) is 42.5 Å². The average molecular weight is 429 g/mol. The molecule has 6 rings (SSSR count). The zero-order valence-corrected chi connectivity index (χ0v) is 17.4. The van der Waals surface area contributed by atoms with Crippen LogP contribution in [0.1, 0.15) is 11.3 Å². The maximum absolute atomic E-state index is 9.46. The Bertz CT molecular complexity index is 1390. The Morgan fingerprint density at radius 2 is 1.84 bits per heavy atom. The van der Waals surface area contributed by atoms with Crippen molar-refractivity contribution < 1.29 is 9.84 Å². The summed E-state index contributed by atoms with van der Waals surface area (Å²) in [4.78, 5) is 5.93. The van der Waals surface area contributed by atoms with Gasteiger partial charge in [0.1, 0.15) is 17.1 Å². The largest absolute Gasteiger partial charge is 0.390 e. The van der Waals surface area contributed by atoms with Gasteiger partial charge >= 0.3 is 0 Å². The zero-order chi connectivity index (χ0) is 21.5. The molecule has 0 spiro atoms. The monoisotopic (exact) mass is 429 g/mol. The molecule has 162 valence electrons. The number of hydrogen-bond acceptors (Lipinski definition) is 6. The number of aliphatic hydroxyl groups is 1. The molecular formula is C23H23N7O2. The van der Waals surface area contributed by atoms with Gasteiger partial charge in [0.2, 0.25) is 0 Å². The molecule has 4 N–H and O–H groups in total. The van der Waals surface area contributed by atoms with Crippen LogP contribution in [0.3, 0.4) is 0 Å². The Morgan fingerprint density at radius 3 is 2.72 bits per heavy atom. The van der Waals surface area contributed by atoms with Crippen molar-refractivity contribution in [3.8, 4) is 22.6 Å². The number of nitrogens with one attached hydrogen (secondary N) is 3. The number of aromatic amines is 3. The molecule has 1 fully saturated rings. The number of benzene rings is 2.